The van der Waals surface area contributed by atoms with Crippen LogP contribution >= 0.6 is 11.3 Å². The molecule has 36 heavy (non-hydrogen) atoms. The van der Waals surface area contributed by atoms with E-state index >= 15 is 0 Å². The van der Waals surface area contributed by atoms with Crippen molar-refractivity contribution < 1.29 is 33.3 Å². The second-order valence-corrected chi connectivity index (χ2v) is 8.54. The fourth-order valence-corrected chi connectivity index (χ4v) is 4.70. The number of aliphatic hydroxyl groups excluding tert-OH is 1. The van der Waals surface area contributed by atoms with E-state index in [0.717, 1.165) is 0 Å². The van der Waals surface area contributed by atoms with Crippen molar-refractivity contribution in [2.45, 2.75) is 6.04 Å². The molecule has 4 aromatic rings. The summed E-state index contributed by atoms with van der Waals surface area (Å²) in [5.41, 5.74) is 1.18. The lowest BCUT2D eigenvalue weighted by atomic mass is 10.1. The van der Waals surface area contributed by atoms with E-state index < -0.39 is 24.3 Å². The van der Waals surface area contributed by atoms with Crippen LogP contribution in [-0.2, 0) is 0 Å². The Morgan fingerprint density at radius 2 is 1.75 bits per heavy atom. The Morgan fingerprint density at radius 1 is 1.03 bits per heavy atom. The van der Waals surface area contributed by atoms with E-state index in [0.29, 0.717) is 38.6 Å². The van der Waals surface area contributed by atoms with E-state index in [1.54, 1.807) is 29.6 Å². The Bertz CT molecular complexity index is 1440. The van der Waals surface area contributed by atoms with E-state index in [1.165, 1.54) is 56.9 Å². The number of nitrogens with zero attached hydrogens (tertiary/aromatic N) is 1. The fourth-order valence-electron chi connectivity index (χ4n) is 3.74. The highest BCUT2D eigenvalue weighted by Gasteiger charge is 2.25. The average Bonchev–Trinajstić information content (AvgIpc) is 3.35. The largest absolute Gasteiger partial charge is 0.494 e. The number of ketones is 1. The predicted molar refractivity (Wildman–Crippen MR) is 134 cm³/mol. The first kappa shape index (κ1) is 25.1. The van der Waals surface area contributed by atoms with Gasteiger partial charge in [0.05, 0.1) is 32.6 Å². The van der Waals surface area contributed by atoms with Gasteiger partial charge in [-0.2, -0.15) is 0 Å². The molecule has 0 bridgehead atoms. The third-order valence-corrected chi connectivity index (χ3v) is 6.59. The number of hydrogen-bond donors (Lipinski definition) is 2. The van der Waals surface area contributed by atoms with E-state index in [9.17, 15) is 19.1 Å². The Kier molecular flexibility index (Phi) is 7.47. The second-order valence-electron chi connectivity index (χ2n) is 7.66. The lowest BCUT2D eigenvalue weighted by Gasteiger charge is -2.17. The van der Waals surface area contributed by atoms with Gasteiger partial charge in [-0.3, -0.25) is 9.59 Å². The summed E-state index contributed by atoms with van der Waals surface area (Å²) in [6.45, 7) is -0.645. The van der Waals surface area contributed by atoms with Gasteiger partial charge in [-0.15, -0.1) is 11.3 Å². The van der Waals surface area contributed by atoms with Gasteiger partial charge in [-0.25, -0.2) is 9.37 Å². The van der Waals surface area contributed by atoms with Crippen LogP contribution in [0.2, 0.25) is 0 Å². The second kappa shape index (κ2) is 10.7. The number of rotatable bonds is 9. The molecule has 1 atom stereocenters. The van der Waals surface area contributed by atoms with Crippen molar-refractivity contribution in [2.24, 2.45) is 0 Å². The Labute approximate surface area is 210 Å². The maximum atomic E-state index is 14.2. The monoisotopic (exact) mass is 510 g/mol. The van der Waals surface area contributed by atoms with Gasteiger partial charge in [0.25, 0.3) is 5.91 Å². The molecule has 2 heterocycles. The van der Waals surface area contributed by atoms with Crippen molar-refractivity contribution in [1.82, 2.24) is 10.3 Å². The third kappa shape index (κ3) is 4.73. The summed E-state index contributed by atoms with van der Waals surface area (Å²) in [7, 11) is 4.39. The normalized spacial score (nSPS) is 11.7. The molecule has 186 valence electrons. The first-order valence-corrected chi connectivity index (χ1v) is 11.7. The van der Waals surface area contributed by atoms with Crippen LogP contribution < -0.4 is 19.5 Å². The summed E-state index contributed by atoms with van der Waals surface area (Å²) in [6, 6.07) is 11.1. The lowest BCUT2D eigenvalue weighted by Crippen LogP contribution is -2.43. The number of benzene rings is 2. The minimum Gasteiger partial charge on any atom is -0.494 e. The molecule has 2 aromatic carbocycles. The van der Waals surface area contributed by atoms with E-state index in [2.05, 4.69) is 10.3 Å². The molecule has 0 aliphatic heterocycles. The molecule has 0 aliphatic rings. The number of halogens is 1. The van der Waals surface area contributed by atoms with Gasteiger partial charge < -0.3 is 24.6 Å². The number of carbonyl (C=O) groups excluding carboxylic acids is 2. The van der Waals surface area contributed by atoms with Crippen molar-refractivity contribution in [1.29, 1.82) is 0 Å². The fraction of sp³-hybridized carbons (Fsp3) is 0.192. The highest BCUT2D eigenvalue weighted by atomic mass is 32.1. The minimum atomic E-state index is -1.25. The maximum absolute atomic E-state index is 14.2. The van der Waals surface area contributed by atoms with Crippen molar-refractivity contribution in [3.05, 3.63) is 71.0 Å². The molecule has 0 fully saturated rings. The number of ether oxygens (including phenoxy) is 3. The van der Waals surface area contributed by atoms with Crippen LogP contribution in [-0.4, -0.2) is 55.8 Å². The smallest absolute Gasteiger partial charge is 0.252 e. The zero-order valence-corrected chi connectivity index (χ0v) is 20.5. The molecule has 0 spiro atoms. The molecule has 2 N–H and O–H groups in total. The van der Waals surface area contributed by atoms with Crippen molar-refractivity contribution >= 4 is 33.1 Å². The van der Waals surface area contributed by atoms with Crippen molar-refractivity contribution in [3.8, 4) is 28.5 Å². The zero-order chi connectivity index (χ0) is 25.8. The van der Waals surface area contributed by atoms with Gasteiger partial charge in [0.1, 0.15) is 29.0 Å². The molecule has 0 radical (unpaired) electrons. The maximum Gasteiger partial charge on any atom is 0.252 e. The molecule has 2 aromatic heterocycles. The van der Waals surface area contributed by atoms with E-state index in [-0.39, 0.29) is 17.1 Å². The topological polar surface area (TPSA) is 107 Å². The van der Waals surface area contributed by atoms with Crippen molar-refractivity contribution in [3.63, 3.8) is 0 Å². The number of pyridine rings is 1. The molecular weight excluding hydrogens is 487 g/mol. The van der Waals surface area contributed by atoms with Crippen LogP contribution in [0.4, 0.5) is 4.39 Å². The highest BCUT2D eigenvalue weighted by molar-refractivity contribution is 7.17. The van der Waals surface area contributed by atoms with E-state index in [1.807, 2.05) is 0 Å². The first-order valence-electron chi connectivity index (χ1n) is 10.8. The van der Waals surface area contributed by atoms with Crippen molar-refractivity contribution in [2.75, 3.05) is 27.9 Å². The molecule has 0 saturated carbocycles. The average molecular weight is 511 g/mol. The SMILES string of the molecule is COc1ccc(C(=O)NC(CO)C(=O)c2ccc(OC)c(-c3csc4c(F)cccc34)n2)cc1OC. The number of thiophene rings is 1. The van der Waals surface area contributed by atoms with Crippen LogP contribution in [0.15, 0.2) is 53.9 Å². The Morgan fingerprint density at radius 3 is 2.44 bits per heavy atom. The van der Waals surface area contributed by atoms with Gasteiger partial charge in [0.15, 0.2) is 11.5 Å². The summed E-state index contributed by atoms with van der Waals surface area (Å²) in [5, 5.41) is 14.8. The molecule has 10 heteroatoms. The van der Waals surface area contributed by atoms with Gasteiger partial charge in [0, 0.05) is 21.9 Å². The van der Waals surface area contributed by atoms with Crippen LogP contribution in [0.1, 0.15) is 20.8 Å². The number of aromatic nitrogens is 1. The minimum absolute atomic E-state index is 0.00761. The molecule has 1 amide bonds. The first-order chi connectivity index (χ1) is 17.4. The zero-order valence-electron chi connectivity index (χ0n) is 19.7. The number of nitrogens with one attached hydrogen (secondary N) is 1. The van der Waals surface area contributed by atoms with Crippen LogP contribution in [0, 0.1) is 5.82 Å². The standard InChI is InChI=1S/C26H23FN2O6S/c1-33-20-9-7-14(11-22(20)35-3)26(32)29-19(12-30)24(31)18-8-10-21(34-2)23(28-18)16-13-36-25-15(16)5-4-6-17(25)27/h4-11,13,19,30H,12H2,1-3H3,(H,29,32). The number of methoxy groups -OCH3 is 3. The molecule has 4 rings (SSSR count). The molecule has 0 aliphatic carbocycles. The Hall–Kier alpha value is -4.02. The van der Waals surface area contributed by atoms with E-state index in [4.69, 9.17) is 14.2 Å². The van der Waals surface area contributed by atoms with Gasteiger partial charge in [0.2, 0.25) is 5.78 Å². The highest BCUT2D eigenvalue weighted by Crippen LogP contribution is 2.38. The van der Waals surface area contributed by atoms with Crippen LogP contribution in [0.25, 0.3) is 21.3 Å². The number of carbonyl (C=O) groups is 2. The summed E-state index contributed by atoms with van der Waals surface area (Å²) in [5.74, 6) is -0.353. The van der Waals surface area contributed by atoms with Gasteiger partial charge >= 0.3 is 0 Å². The number of aliphatic hydroxyl groups is 1. The number of hydrogen-bond acceptors (Lipinski definition) is 8. The van der Waals surface area contributed by atoms with Gasteiger partial charge in [-0.05, 0) is 36.4 Å². The van der Waals surface area contributed by atoms with Crippen LogP contribution in [0.5, 0.6) is 17.2 Å². The van der Waals surface area contributed by atoms with Crippen LogP contribution in [0.3, 0.4) is 0 Å². The molecule has 0 saturated heterocycles. The summed E-state index contributed by atoms with van der Waals surface area (Å²) >= 11 is 1.22. The molecular formula is C26H23FN2O6S. The molecule has 8 nitrogen and oxygen atoms in total. The third-order valence-electron chi connectivity index (χ3n) is 5.59. The van der Waals surface area contributed by atoms with Gasteiger partial charge in [-0.1, -0.05) is 12.1 Å². The Balaban J connectivity index is 1.64. The summed E-state index contributed by atoms with van der Waals surface area (Å²) < 4.78 is 30.5. The quantitative estimate of drug-likeness (QED) is 0.327. The number of Topliss-reactive ketones (excluding diaryl/α,β-unsaturated/α-hetero) is 1. The summed E-state index contributed by atoms with van der Waals surface area (Å²) in [4.78, 5) is 30.5. The molecule has 1 unspecified atom stereocenters. The number of amides is 1. The summed E-state index contributed by atoms with van der Waals surface area (Å²) in [6.07, 6.45) is 0. The predicted octanol–water partition coefficient (Wildman–Crippen LogP) is 4.10. The number of fused-ring (bicyclic) bond motifs is 1. The lowest BCUT2D eigenvalue weighted by molar-refractivity contribution is 0.0810.